The number of nitrogen functional groups attached to an aromatic ring is 1. The summed E-state index contributed by atoms with van der Waals surface area (Å²) >= 11 is 0. The third kappa shape index (κ3) is 2.20. The number of hydrogen-bond donors (Lipinski definition) is 1. The van der Waals surface area contributed by atoms with E-state index in [1.165, 1.54) is 0 Å². The zero-order valence-corrected chi connectivity index (χ0v) is 9.97. The van der Waals surface area contributed by atoms with Crippen molar-refractivity contribution in [1.29, 1.82) is 0 Å². The fourth-order valence-electron chi connectivity index (χ4n) is 1.65. The average molecular weight is 229 g/mol. The van der Waals surface area contributed by atoms with Crippen LogP contribution < -0.4 is 10.5 Å². The van der Waals surface area contributed by atoms with Crippen molar-refractivity contribution in [2.24, 2.45) is 0 Å². The summed E-state index contributed by atoms with van der Waals surface area (Å²) in [5.74, 6) is 1.54. The first-order valence-corrected chi connectivity index (χ1v) is 5.51. The second kappa shape index (κ2) is 4.82. The highest BCUT2D eigenvalue weighted by atomic mass is 16.5. The van der Waals surface area contributed by atoms with Gasteiger partial charge in [-0.2, -0.15) is 0 Å². The Morgan fingerprint density at radius 3 is 2.76 bits per heavy atom. The predicted octanol–water partition coefficient (Wildman–Crippen LogP) is 2.30. The molecule has 0 unspecified atom stereocenters. The normalized spacial score (nSPS) is 10.2. The number of hydrogen-bond acceptors (Lipinski definition) is 4. The summed E-state index contributed by atoms with van der Waals surface area (Å²) in [5.41, 5.74) is 8.10. The second-order valence-electron chi connectivity index (χ2n) is 3.64. The van der Waals surface area contributed by atoms with E-state index in [1.807, 2.05) is 31.2 Å². The zero-order valence-electron chi connectivity index (χ0n) is 9.97. The van der Waals surface area contributed by atoms with Gasteiger partial charge in [0.2, 0.25) is 0 Å². The van der Waals surface area contributed by atoms with Crippen LogP contribution in [0, 0.1) is 0 Å². The molecule has 1 aromatic carbocycles. The highest BCUT2D eigenvalue weighted by Gasteiger charge is 2.10. The first-order valence-electron chi connectivity index (χ1n) is 5.51. The predicted molar refractivity (Wildman–Crippen MR) is 67.8 cm³/mol. The topological polar surface area (TPSA) is 61.0 Å². The molecule has 4 nitrogen and oxygen atoms in total. The maximum absolute atomic E-state index is 5.92. The standard InChI is InChI=1S/C13H15N3O/c1-3-12-15-8-10(14)13(16-12)9-6-4-5-7-11(9)17-2/h4-8H,3,14H2,1-2H3. The summed E-state index contributed by atoms with van der Waals surface area (Å²) in [7, 11) is 1.64. The maximum Gasteiger partial charge on any atom is 0.128 e. The van der Waals surface area contributed by atoms with Crippen molar-refractivity contribution in [2.45, 2.75) is 13.3 Å². The molecule has 0 saturated heterocycles. The van der Waals surface area contributed by atoms with Crippen molar-refractivity contribution in [3.63, 3.8) is 0 Å². The number of para-hydroxylation sites is 1. The van der Waals surface area contributed by atoms with Crippen LogP contribution >= 0.6 is 0 Å². The van der Waals surface area contributed by atoms with Gasteiger partial charge < -0.3 is 10.5 Å². The highest BCUT2D eigenvalue weighted by molar-refractivity contribution is 5.76. The molecule has 0 bridgehead atoms. The van der Waals surface area contributed by atoms with Gasteiger partial charge in [-0.25, -0.2) is 9.97 Å². The molecule has 1 heterocycles. The van der Waals surface area contributed by atoms with Crippen molar-refractivity contribution < 1.29 is 4.74 Å². The lowest BCUT2D eigenvalue weighted by molar-refractivity contribution is 0.416. The van der Waals surface area contributed by atoms with Crippen molar-refractivity contribution in [1.82, 2.24) is 9.97 Å². The maximum atomic E-state index is 5.92. The van der Waals surface area contributed by atoms with E-state index in [1.54, 1.807) is 13.3 Å². The summed E-state index contributed by atoms with van der Waals surface area (Å²) in [6.07, 6.45) is 2.43. The van der Waals surface area contributed by atoms with Gasteiger partial charge in [0.1, 0.15) is 17.3 Å². The Bertz CT molecular complexity index is 526. The molecule has 0 aliphatic heterocycles. The van der Waals surface area contributed by atoms with Crippen LogP contribution in [0.15, 0.2) is 30.5 Å². The SMILES string of the molecule is CCc1ncc(N)c(-c2ccccc2OC)n1. The van der Waals surface area contributed by atoms with Crippen LogP contribution in [0.2, 0.25) is 0 Å². The Labute approximate surface area is 100 Å². The molecule has 0 fully saturated rings. The molecule has 1 aromatic heterocycles. The van der Waals surface area contributed by atoms with Gasteiger partial charge in [-0.05, 0) is 12.1 Å². The number of ether oxygens (including phenoxy) is 1. The molecule has 0 spiro atoms. The van der Waals surface area contributed by atoms with Crippen LogP contribution in [0.25, 0.3) is 11.3 Å². The minimum Gasteiger partial charge on any atom is -0.496 e. The fourth-order valence-corrected chi connectivity index (χ4v) is 1.65. The van der Waals surface area contributed by atoms with E-state index in [0.29, 0.717) is 5.69 Å². The minimum atomic E-state index is 0.562. The van der Waals surface area contributed by atoms with Gasteiger partial charge in [0.25, 0.3) is 0 Å². The summed E-state index contributed by atoms with van der Waals surface area (Å²) in [5, 5.41) is 0. The first-order chi connectivity index (χ1) is 8.26. The van der Waals surface area contributed by atoms with E-state index in [9.17, 15) is 0 Å². The monoisotopic (exact) mass is 229 g/mol. The van der Waals surface area contributed by atoms with E-state index in [4.69, 9.17) is 10.5 Å². The Morgan fingerprint density at radius 1 is 1.29 bits per heavy atom. The number of benzene rings is 1. The molecule has 0 atom stereocenters. The summed E-state index contributed by atoms with van der Waals surface area (Å²) < 4.78 is 5.31. The molecule has 17 heavy (non-hydrogen) atoms. The Kier molecular flexibility index (Phi) is 3.23. The number of rotatable bonds is 3. The molecule has 2 N–H and O–H groups in total. The molecule has 0 radical (unpaired) electrons. The van der Waals surface area contributed by atoms with Gasteiger partial charge in [-0.3, -0.25) is 0 Å². The van der Waals surface area contributed by atoms with Crippen LogP contribution in [0.1, 0.15) is 12.7 Å². The van der Waals surface area contributed by atoms with Gasteiger partial charge in [0.05, 0.1) is 19.0 Å². The van der Waals surface area contributed by atoms with Crippen molar-refractivity contribution in [3.05, 3.63) is 36.3 Å². The lowest BCUT2D eigenvalue weighted by atomic mass is 10.1. The number of nitrogens with zero attached hydrogens (tertiary/aromatic N) is 2. The number of nitrogens with two attached hydrogens (primary N) is 1. The quantitative estimate of drug-likeness (QED) is 0.877. The number of aryl methyl sites for hydroxylation is 1. The van der Waals surface area contributed by atoms with Gasteiger partial charge in [-0.15, -0.1) is 0 Å². The van der Waals surface area contributed by atoms with Gasteiger partial charge in [0, 0.05) is 12.0 Å². The number of anilines is 1. The van der Waals surface area contributed by atoms with E-state index < -0.39 is 0 Å². The molecular weight excluding hydrogens is 214 g/mol. The zero-order chi connectivity index (χ0) is 12.3. The van der Waals surface area contributed by atoms with Crippen molar-refractivity contribution in [3.8, 4) is 17.0 Å². The Balaban J connectivity index is 2.59. The minimum absolute atomic E-state index is 0.562. The average Bonchev–Trinajstić information content (AvgIpc) is 2.39. The molecule has 0 saturated carbocycles. The second-order valence-corrected chi connectivity index (χ2v) is 3.64. The molecule has 2 aromatic rings. The smallest absolute Gasteiger partial charge is 0.128 e. The largest absolute Gasteiger partial charge is 0.496 e. The van der Waals surface area contributed by atoms with Crippen molar-refractivity contribution >= 4 is 5.69 Å². The molecule has 0 aliphatic carbocycles. The molecule has 0 amide bonds. The van der Waals surface area contributed by atoms with Gasteiger partial charge in [-0.1, -0.05) is 19.1 Å². The Hall–Kier alpha value is -2.10. The lowest BCUT2D eigenvalue weighted by Crippen LogP contribution is -2.01. The van der Waals surface area contributed by atoms with E-state index in [2.05, 4.69) is 9.97 Å². The lowest BCUT2D eigenvalue weighted by Gasteiger charge is -2.10. The third-order valence-corrected chi connectivity index (χ3v) is 2.55. The van der Waals surface area contributed by atoms with Crippen LogP contribution in [-0.2, 0) is 6.42 Å². The summed E-state index contributed by atoms with van der Waals surface area (Å²) in [6.45, 7) is 2.01. The third-order valence-electron chi connectivity index (χ3n) is 2.55. The molecule has 2 rings (SSSR count). The van der Waals surface area contributed by atoms with Crippen LogP contribution in [-0.4, -0.2) is 17.1 Å². The molecule has 0 aliphatic rings. The summed E-state index contributed by atoms with van der Waals surface area (Å²) in [6, 6.07) is 7.69. The van der Waals surface area contributed by atoms with E-state index >= 15 is 0 Å². The fraction of sp³-hybridized carbons (Fsp3) is 0.231. The van der Waals surface area contributed by atoms with Crippen molar-refractivity contribution in [2.75, 3.05) is 12.8 Å². The van der Waals surface area contributed by atoms with Crippen LogP contribution in [0.5, 0.6) is 5.75 Å². The van der Waals surface area contributed by atoms with E-state index in [-0.39, 0.29) is 0 Å². The van der Waals surface area contributed by atoms with Crippen LogP contribution in [0.4, 0.5) is 5.69 Å². The first kappa shape index (κ1) is 11.4. The highest BCUT2D eigenvalue weighted by Crippen LogP contribution is 2.31. The van der Waals surface area contributed by atoms with E-state index in [0.717, 1.165) is 29.3 Å². The number of methoxy groups -OCH3 is 1. The Morgan fingerprint density at radius 2 is 2.06 bits per heavy atom. The van der Waals surface area contributed by atoms with Crippen LogP contribution in [0.3, 0.4) is 0 Å². The summed E-state index contributed by atoms with van der Waals surface area (Å²) in [4.78, 5) is 8.62. The van der Waals surface area contributed by atoms with Gasteiger partial charge >= 0.3 is 0 Å². The number of aromatic nitrogens is 2. The molecule has 88 valence electrons. The van der Waals surface area contributed by atoms with Gasteiger partial charge in [0.15, 0.2) is 0 Å². The molecule has 4 heteroatoms. The molecular formula is C13H15N3O.